The summed E-state index contributed by atoms with van der Waals surface area (Å²) in [5.74, 6) is 1.03. The molecule has 2 nitrogen and oxygen atoms in total. The van der Waals surface area contributed by atoms with E-state index in [-0.39, 0.29) is 0 Å². The normalized spacial score (nSPS) is 9.71. The zero-order valence-corrected chi connectivity index (χ0v) is 9.39. The van der Waals surface area contributed by atoms with Crippen molar-refractivity contribution in [2.75, 3.05) is 0 Å². The first-order valence-corrected chi connectivity index (χ1v) is 4.90. The molecule has 1 rings (SSSR count). The molecule has 1 N–H and O–H groups in total. The molecule has 0 spiro atoms. The van der Waals surface area contributed by atoms with Gasteiger partial charge in [-0.05, 0) is 33.8 Å². The fourth-order valence-electron chi connectivity index (χ4n) is 1.15. The first-order valence-electron chi connectivity index (χ1n) is 4.90. The summed E-state index contributed by atoms with van der Waals surface area (Å²) < 4.78 is 0. The van der Waals surface area contributed by atoms with Crippen LogP contribution in [0.25, 0.3) is 6.08 Å². The van der Waals surface area contributed by atoms with Crippen molar-refractivity contribution in [1.82, 2.24) is 9.97 Å². The van der Waals surface area contributed by atoms with Gasteiger partial charge in [0.2, 0.25) is 0 Å². The molecule has 0 aliphatic carbocycles. The zero-order valence-electron chi connectivity index (χ0n) is 9.39. The molecule has 1 heterocycles. The van der Waals surface area contributed by atoms with Crippen molar-refractivity contribution in [2.24, 2.45) is 0 Å². The quantitative estimate of drug-likeness (QED) is 0.727. The van der Waals surface area contributed by atoms with Crippen molar-refractivity contribution >= 4 is 6.08 Å². The van der Waals surface area contributed by atoms with Crippen LogP contribution < -0.4 is 0 Å². The van der Waals surface area contributed by atoms with E-state index in [9.17, 15) is 0 Å². The molecule has 0 bridgehead atoms. The predicted molar refractivity (Wildman–Crippen MR) is 61.0 cm³/mol. The summed E-state index contributed by atoms with van der Waals surface area (Å²) in [4.78, 5) is 7.61. The van der Waals surface area contributed by atoms with Gasteiger partial charge in [0, 0.05) is 12.6 Å². The van der Waals surface area contributed by atoms with E-state index in [0.717, 1.165) is 17.9 Å². The molecule has 0 atom stereocenters. The number of imidazole rings is 1. The molecule has 2 heteroatoms. The number of nitrogens with one attached hydrogen (secondary N) is 1. The Labute approximate surface area is 85.8 Å². The van der Waals surface area contributed by atoms with Crippen molar-refractivity contribution in [3.63, 3.8) is 0 Å². The summed E-state index contributed by atoms with van der Waals surface area (Å²) in [5.41, 5.74) is 3.61. The van der Waals surface area contributed by atoms with Crippen molar-refractivity contribution < 1.29 is 0 Å². The molecule has 0 aromatic carbocycles. The molecule has 76 valence electrons. The number of hydrogen-bond acceptors (Lipinski definition) is 1. The van der Waals surface area contributed by atoms with E-state index in [4.69, 9.17) is 0 Å². The highest BCUT2D eigenvalue weighted by Gasteiger charge is 1.96. The van der Waals surface area contributed by atoms with Gasteiger partial charge in [-0.15, -0.1) is 0 Å². The number of hydrogen-bond donors (Lipinski definition) is 1. The number of H-pyrrole nitrogens is 1. The third-order valence-electron chi connectivity index (χ3n) is 1.79. The molecular weight excluding hydrogens is 172 g/mol. The molecule has 0 aliphatic heterocycles. The highest BCUT2D eigenvalue weighted by molar-refractivity contribution is 5.46. The Kier molecular flexibility index (Phi) is 3.69. The van der Waals surface area contributed by atoms with Crippen LogP contribution >= 0.6 is 0 Å². The number of rotatable bonds is 3. The lowest BCUT2D eigenvalue weighted by atomic mass is 10.2. The maximum absolute atomic E-state index is 4.45. The Bertz CT molecular complexity index is 348. The Morgan fingerprint density at radius 1 is 1.29 bits per heavy atom. The maximum Gasteiger partial charge on any atom is 0.110 e. The van der Waals surface area contributed by atoms with Crippen LogP contribution in [-0.4, -0.2) is 9.97 Å². The Balaban J connectivity index is 2.69. The van der Waals surface area contributed by atoms with Crippen molar-refractivity contribution in [3.05, 3.63) is 34.9 Å². The number of allylic oxidation sites excluding steroid dienone is 3. The summed E-state index contributed by atoms with van der Waals surface area (Å²) in [5, 5.41) is 0. The topological polar surface area (TPSA) is 28.7 Å². The molecule has 14 heavy (non-hydrogen) atoms. The molecule has 1 aromatic rings. The Morgan fingerprint density at radius 2 is 2.00 bits per heavy atom. The molecule has 0 saturated carbocycles. The highest BCUT2D eigenvalue weighted by Crippen LogP contribution is 2.05. The van der Waals surface area contributed by atoms with Crippen LogP contribution in [0.4, 0.5) is 0 Å². The first kappa shape index (κ1) is 10.8. The predicted octanol–water partition coefficient (Wildman–Crippen LogP) is 3.34. The molecule has 0 amide bonds. The van der Waals surface area contributed by atoms with Crippen LogP contribution in [0.2, 0.25) is 0 Å². The third kappa shape index (κ3) is 3.60. The summed E-state index contributed by atoms with van der Waals surface area (Å²) >= 11 is 0. The largest absolute Gasteiger partial charge is 0.348 e. The van der Waals surface area contributed by atoms with E-state index in [2.05, 4.69) is 49.8 Å². The van der Waals surface area contributed by atoms with Gasteiger partial charge in [-0.3, -0.25) is 0 Å². The van der Waals surface area contributed by atoms with Crippen molar-refractivity contribution in [1.29, 1.82) is 0 Å². The summed E-state index contributed by atoms with van der Waals surface area (Å²) in [7, 11) is 0. The summed E-state index contributed by atoms with van der Waals surface area (Å²) in [6.07, 6.45) is 7.08. The van der Waals surface area contributed by atoms with Crippen LogP contribution in [0.1, 0.15) is 39.2 Å². The van der Waals surface area contributed by atoms with Gasteiger partial charge >= 0.3 is 0 Å². The van der Waals surface area contributed by atoms with Gasteiger partial charge in [0.1, 0.15) is 5.82 Å². The van der Waals surface area contributed by atoms with E-state index < -0.39 is 0 Å². The van der Waals surface area contributed by atoms with E-state index in [0.29, 0.717) is 0 Å². The smallest absolute Gasteiger partial charge is 0.110 e. The maximum atomic E-state index is 4.45. The second-order valence-electron chi connectivity index (χ2n) is 3.98. The lowest BCUT2D eigenvalue weighted by Gasteiger charge is -1.90. The Morgan fingerprint density at radius 3 is 2.57 bits per heavy atom. The van der Waals surface area contributed by atoms with Crippen LogP contribution in [0, 0.1) is 0 Å². The molecule has 0 saturated heterocycles. The average Bonchev–Trinajstić information content (AvgIpc) is 2.47. The molecule has 1 aromatic heterocycles. The van der Waals surface area contributed by atoms with Crippen molar-refractivity contribution in [3.8, 4) is 0 Å². The van der Waals surface area contributed by atoms with Crippen LogP contribution in [0.3, 0.4) is 0 Å². The highest BCUT2D eigenvalue weighted by atomic mass is 14.9. The number of aromatic amines is 1. The SMILES string of the molecule is CC(C)=CCc1nc(C=C(C)C)c[nH]1. The summed E-state index contributed by atoms with van der Waals surface area (Å²) in [6, 6.07) is 0. The van der Waals surface area contributed by atoms with Gasteiger partial charge in [0.15, 0.2) is 0 Å². The molecule has 0 fully saturated rings. The van der Waals surface area contributed by atoms with Crippen LogP contribution in [0.15, 0.2) is 23.4 Å². The Hall–Kier alpha value is -1.31. The van der Waals surface area contributed by atoms with E-state index in [1.165, 1.54) is 11.1 Å². The van der Waals surface area contributed by atoms with Gasteiger partial charge in [0.05, 0.1) is 5.69 Å². The van der Waals surface area contributed by atoms with Crippen molar-refractivity contribution in [2.45, 2.75) is 34.1 Å². The third-order valence-corrected chi connectivity index (χ3v) is 1.79. The summed E-state index contributed by atoms with van der Waals surface area (Å²) in [6.45, 7) is 8.34. The molecule has 0 radical (unpaired) electrons. The monoisotopic (exact) mass is 190 g/mol. The minimum Gasteiger partial charge on any atom is -0.348 e. The van der Waals surface area contributed by atoms with E-state index in [1.807, 2.05) is 6.20 Å². The lowest BCUT2D eigenvalue weighted by molar-refractivity contribution is 1.04. The van der Waals surface area contributed by atoms with E-state index >= 15 is 0 Å². The number of aromatic nitrogens is 2. The fraction of sp³-hybridized carbons (Fsp3) is 0.417. The minimum absolute atomic E-state index is 0.888. The first-order chi connectivity index (χ1) is 6.58. The molecular formula is C12H18N2. The van der Waals surface area contributed by atoms with E-state index in [1.54, 1.807) is 0 Å². The molecule has 0 unspecified atom stereocenters. The van der Waals surface area contributed by atoms with Crippen LogP contribution in [-0.2, 0) is 6.42 Å². The van der Waals surface area contributed by atoms with Gasteiger partial charge in [-0.25, -0.2) is 4.98 Å². The second kappa shape index (κ2) is 4.80. The average molecular weight is 190 g/mol. The second-order valence-corrected chi connectivity index (χ2v) is 3.98. The minimum atomic E-state index is 0.888. The standard InChI is InChI=1S/C12H18N2/c1-9(2)5-6-12-13-8-11(14-12)7-10(3)4/h5,7-8H,6H2,1-4H3,(H,13,14). The fourth-order valence-corrected chi connectivity index (χ4v) is 1.15. The number of nitrogens with zero attached hydrogens (tertiary/aromatic N) is 1. The zero-order chi connectivity index (χ0) is 10.6. The van der Waals surface area contributed by atoms with Gasteiger partial charge in [0.25, 0.3) is 0 Å². The van der Waals surface area contributed by atoms with Gasteiger partial charge in [-0.1, -0.05) is 17.2 Å². The van der Waals surface area contributed by atoms with Crippen LogP contribution in [0.5, 0.6) is 0 Å². The lowest BCUT2D eigenvalue weighted by Crippen LogP contribution is -1.84. The van der Waals surface area contributed by atoms with Gasteiger partial charge < -0.3 is 4.98 Å². The van der Waals surface area contributed by atoms with Gasteiger partial charge in [-0.2, -0.15) is 0 Å². The molecule has 0 aliphatic rings.